The third-order valence-corrected chi connectivity index (χ3v) is 3.75. The van der Waals surface area contributed by atoms with Crippen LogP contribution in [0.5, 0.6) is 0 Å². The number of benzene rings is 2. The maximum atomic E-state index is 13.2. The Morgan fingerprint density at radius 3 is 2.44 bits per heavy atom. The average molecular weight is 378 g/mol. The van der Waals surface area contributed by atoms with Gasteiger partial charge in [0.05, 0.1) is 23.6 Å². The first-order chi connectivity index (χ1) is 12.8. The number of rotatable bonds is 4. The third-order valence-electron chi connectivity index (χ3n) is 3.75. The molecule has 0 fully saturated rings. The predicted octanol–water partition coefficient (Wildman–Crippen LogP) is 4.87. The van der Waals surface area contributed by atoms with Crippen LogP contribution >= 0.6 is 0 Å². The van der Waals surface area contributed by atoms with Gasteiger partial charge in [-0.1, -0.05) is 12.1 Å². The van der Waals surface area contributed by atoms with Gasteiger partial charge in [-0.15, -0.1) is 0 Å². The van der Waals surface area contributed by atoms with E-state index in [0.717, 1.165) is 12.1 Å². The SMILES string of the molecule is CCOC(=O)c1cc(-c2cccc(C(F)(F)F)c2)n(-c2ccc(F)cc2)n1. The Kier molecular flexibility index (Phi) is 4.98. The minimum atomic E-state index is -4.51. The van der Waals surface area contributed by atoms with Crippen LogP contribution in [0.1, 0.15) is 23.0 Å². The molecule has 0 saturated carbocycles. The molecular formula is C19H14F4N2O2. The van der Waals surface area contributed by atoms with E-state index < -0.39 is 23.5 Å². The number of esters is 1. The fourth-order valence-electron chi connectivity index (χ4n) is 2.53. The van der Waals surface area contributed by atoms with Gasteiger partial charge in [0.15, 0.2) is 5.69 Å². The fraction of sp³-hybridized carbons (Fsp3) is 0.158. The lowest BCUT2D eigenvalue weighted by Crippen LogP contribution is -2.07. The van der Waals surface area contributed by atoms with Gasteiger partial charge in [-0.25, -0.2) is 13.9 Å². The number of carbonyl (C=O) groups excluding carboxylic acids is 1. The van der Waals surface area contributed by atoms with Crippen molar-refractivity contribution in [3.63, 3.8) is 0 Å². The molecule has 0 bridgehead atoms. The van der Waals surface area contributed by atoms with E-state index in [0.29, 0.717) is 5.69 Å². The molecule has 0 aliphatic carbocycles. The average Bonchev–Trinajstić information content (AvgIpc) is 3.07. The van der Waals surface area contributed by atoms with E-state index in [4.69, 9.17) is 4.74 Å². The zero-order valence-electron chi connectivity index (χ0n) is 14.1. The maximum absolute atomic E-state index is 13.2. The summed E-state index contributed by atoms with van der Waals surface area (Å²) in [6.45, 7) is 1.75. The first kappa shape index (κ1) is 18.6. The molecule has 0 aliphatic heterocycles. The Hall–Kier alpha value is -3.16. The summed E-state index contributed by atoms with van der Waals surface area (Å²) in [5.74, 6) is -1.18. The van der Waals surface area contributed by atoms with Gasteiger partial charge in [-0.3, -0.25) is 0 Å². The monoisotopic (exact) mass is 378 g/mol. The molecule has 3 rings (SSSR count). The first-order valence-electron chi connectivity index (χ1n) is 8.00. The van der Waals surface area contributed by atoms with Crippen molar-refractivity contribution in [2.75, 3.05) is 6.61 Å². The molecule has 0 saturated heterocycles. The highest BCUT2D eigenvalue weighted by Crippen LogP contribution is 2.33. The molecule has 140 valence electrons. The van der Waals surface area contributed by atoms with Gasteiger partial charge >= 0.3 is 12.1 Å². The second kappa shape index (κ2) is 7.22. The molecular weight excluding hydrogens is 364 g/mol. The lowest BCUT2D eigenvalue weighted by atomic mass is 10.1. The van der Waals surface area contributed by atoms with Crippen LogP contribution in [0.15, 0.2) is 54.6 Å². The van der Waals surface area contributed by atoms with Gasteiger partial charge in [0, 0.05) is 5.56 Å². The molecule has 0 radical (unpaired) electrons. The summed E-state index contributed by atoms with van der Waals surface area (Å²) < 4.78 is 58.5. The molecule has 3 aromatic rings. The molecule has 0 amide bonds. The Morgan fingerprint density at radius 1 is 1.11 bits per heavy atom. The van der Waals surface area contributed by atoms with Crippen molar-refractivity contribution in [2.45, 2.75) is 13.1 Å². The Morgan fingerprint density at radius 2 is 1.81 bits per heavy atom. The fourth-order valence-corrected chi connectivity index (χ4v) is 2.53. The van der Waals surface area contributed by atoms with Gasteiger partial charge in [-0.05, 0) is 49.4 Å². The Labute approximate surface area is 152 Å². The smallest absolute Gasteiger partial charge is 0.416 e. The van der Waals surface area contributed by atoms with Gasteiger partial charge in [0.25, 0.3) is 0 Å². The van der Waals surface area contributed by atoms with Gasteiger partial charge in [-0.2, -0.15) is 18.3 Å². The number of nitrogens with zero attached hydrogens (tertiary/aromatic N) is 2. The number of alkyl halides is 3. The minimum absolute atomic E-state index is 0.0615. The molecule has 0 N–H and O–H groups in total. The topological polar surface area (TPSA) is 44.1 Å². The summed E-state index contributed by atoms with van der Waals surface area (Å²) in [5.41, 5.74) is -0.0505. The standard InChI is InChI=1S/C19H14F4N2O2/c1-2-27-18(26)16-11-17(12-4-3-5-13(10-12)19(21,22)23)25(24-16)15-8-6-14(20)7-9-15/h3-11H,2H2,1H3. The number of hydrogen-bond donors (Lipinski definition) is 0. The van der Waals surface area contributed by atoms with Crippen LogP contribution < -0.4 is 0 Å². The van der Waals surface area contributed by atoms with E-state index >= 15 is 0 Å². The lowest BCUT2D eigenvalue weighted by molar-refractivity contribution is -0.137. The summed E-state index contributed by atoms with van der Waals surface area (Å²) in [4.78, 5) is 12.0. The van der Waals surface area contributed by atoms with Crippen molar-refractivity contribution in [3.05, 3.63) is 71.7 Å². The van der Waals surface area contributed by atoms with Crippen LogP contribution in [0, 0.1) is 5.82 Å². The van der Waals surface area contributed by atoms with E-state index in [1.165, 1.54) is 47.1 Å². The summed E-state index contributed by atoms with van der Waals surface area (Å²) in [6.07, 6.45) is -4.51. The van der Waals surface area contributed by atoms with Crippen molar-refractivity contribution < 1.29 is 27.1 Å². The minimum Gasteiger partial charge on any atom is -0.461 e. The molecule has 0 aliphatic rings. The van der Waals surface area contributed by atoms with Crippen molar-refractivity contribution in [1.29, 1.82) is 0 Å². The Bertz CT molecular complexity index is 963. The molecule has 8 heteroatoms. The van der Waals surface area contributed by atoms with Crippen LogP contribution in [0.25, 0.3) is 16.9 Å². The normalized spacial score (nSPS) is 11.4. The molecule has 0 spiro atoms. The lowest BCUT2D eigenvalue weighted by Gasteiger charge is -2.10. The number of halogens is 4. The Balaban J connectivity index is 2.16. The van der Waals surface area contributed by atoms with Gasteiger partial charge < -0.3 is 4.74 Å². The highest BCUT2D eigenvalue weighted by molar-refractivity contribution is 5.89. The summed E-state index contributed by atoms with van der Waals surface area (Å²) in [6, 6.07) is 11.2. The third kappa shape index (κ3) is 3.99. The predicted molar refractivity (Wildman–Crippen MR) is 89.9 cm³/mol. The zero-order valence-corrected chi connectivity index (χ0v) is 14.1. The quantitative estimate of drug-likeness (QED) is 0.480. The number of hydrogen-bond acceptors (Lipinski definition) is 3. The van der Waals surface area contributed by atoms with Crippen LogP contribution in [0.2, 0.25) is 0 Å². The zero-order chi connectivity index (χ0) is 19.6. The summed E-state index contributed by atoms with van der Waals surface area (Å²) in [5, 5.41) is 4.14. The van der Waals surface area contributed by atoms with Crippen molar-refractivity contribution in [2.24, 2.45) is 0 Å². The van der Waals surface area contributed by atoms with Gasteiger partial charge in [0.2, 0.25) is 0 Å². The highest BCUT2D eigenvalue weighted by Gasteiger charge is 2.31. The van der Waals surface area contributed by atoms with Crippen molar-refractivity contribution in [3.8, 4) is 16.9 Å². The highest BCUT2D eigenvalue weighted by atomic mass is 19.4. The van der Waals surface area contributed by atoms with Crippen LogP contribution in [0.4, 0.5) is 17.6 Å². The summed E-state index contributed by atoms with van der Waals surface area (Å²) in [7, 11) is 0. The van der Waals surface area contributed by atoms with E-state index in [1.807, 2.05) is 0 Å². The van der Waals surface area contributed by atoms with Crippen LogP contribution in [-0.4, -0.2) is 22.4 Å². The molecule has 1 heterocycles. The molecule has 1 aromatic heterocycles. The second-order valence-electron chi connectivity index (χ2n) is 5.60. The molecule has 2 aromatic carbocycles. The van der Waals surface area contributed by atoms with E-state index in [-0.39, 0.29) is 23.6 Å². The largest absolute Gasteiger partial charge is 0.461 e. The molecule has 4 nitrogen and oxygen atoms in total. The summed E-state index contributed by atoms with van der Waals surface area (Å²) >= 11 is 0. The van der Waals surface area contributed by atoms with Crippen molar-refractivity contribution >= 4 is 5.97 Å². The number of ether oxygens (including phenoxy) is 1. The maximum Gasteiger partial charge on any atom is 0.416 e. The van der Waals surface area contributed by atoms with E-state index in [9.17, 15) is 22.4 Å². The number of aromatic nitrogens is 2. The second-order valence-corrected chi connectivity index (χ2v) is 5.60. The van der Waals surface area contributed by atoms with E-state index in [2.05, 4.69) is 5.10 Å². The first-order valence-corrected chi connectivity index (χ1v) is 8.00. The van der Waals surface area contributed by atoms with Gasteiger partial charge in [0.1, 0.15) is 5.82 Å². The molecule has 27 heavy (non-hydrogen) atoms. The molecule has 0 atom stereocenters. The van der Waals surface area contributed by atoms with E-state index in [1.54, 1.807) is 6.92 Å². The van der Waals surface area contributed by atoms with Crippen molar-refractivity contribution in [1.82, 2.24) is 9.78 Å². The van der Waals surface area contributed by atoms with Crippen LogP contribution in [0.3, 0.4) is 0 Å². The van der Waals surface area contributed by atoms with Crippen LogP contribution in [-0.2, 0) is 10.9 Å². The molecule has 0 unspecified atom stereocenters. The number of carbonyl (C=O) groups is 1.